The SMILES string of the molecule is CCC(=O)Nc1nnc(SCc2cc(=O)n3nc(CC)sc3n2)s1. The quantitative estimate of drug-likeness (QED) is 0.515. The van der Waals surface area contributed by atoms with E-state index in [0.29, 0.717) is 32.3 Å². The number of hydrogen-bond acceptors (Lipinski definition) is 9. The third-order valence-electron chi connectivity index (χ3n) is 2.96. The maximum atomic E-state index is 12.1. The van der Waals surface area contributed by atoms with Crippen molar-refractivity contribution in [1.29, 1.82) is 0 Å². The molecule has 24 heavy (non-hydrogen) atoms. The highest BCUT2D eigenvalue weighted by molar-refractivity contribution is 8.00. The zero-order valence-corrected chi connectivity index (χ0v) is 15.4. The molecule has 0 unspecified atom stereocenters. The summed E-state index contributed by atoms with van der Waals surface area (Å²) in [5.41, 5.74) is 0.491. The minimum Gasteiger partial charge on any atom is -0.301 e. The zero-order chi connectivity index (χ0) is 17.1. The molecule has 0 aliphatic rings. The molecule has 0 aromatic carbocycles. The molecule has 0 saturated carbocycles. The van der Waals surface area contributed by atoms with Crippen LogP contribution in [0, 0.1) is 0 Å². The lowest BCUT2D eigenvalue weighted by atomic mass is 10.4. The summed E-state index contributed by atoms with van der Waals surface area (Å²) in [6.45, 7) is 3.76. The third kappa shape index (κ3) is 3.79. The summed E-state index contributed by atoms with van der Waals surface area (Å²) in [7, 11) is 0. The number of carbonyl (C=O) groups is 1. The summed E-state index contributed by atoms with van der Waals surface area (Å²) in [6, 6.07) is 1.49. The predicted octanol–water partition coefficient (Wildman–Crippen LogP) is 2.21. The van der Waals surface area contributed by atoms with Crippen LogP contribution in [0.4, 0.5) is 5.13 Å². The molecule has 0 aliphatic heterocycles. The van der Waals surface area contributed by atoms with Crippen LogP contribution in [0.1, 0.15) is 31.0 Å². The number of aromatic nitrogens is 5. The maximum absolute atomic E-state index is 12.1. The van der Waals surface area contributed by atoms with Gasteiger partial charge in [-0.25, -0.2) is 4.98 Å². The number of anilines is 1. The summed E-state index contributed by atoms with van der Waals surface area (Å²) in [6.07, 6.45) is 1.17. The molecule has 0 fully saturated rings. The first-order valence-corrected chi connectivity index (χ1v) is 9.85. The Labute approximate surface area is 149 Å². The minimum absolute atomic E-state index is 0.0974. The molecule has 0 atom stereocenters. The van der Waals surface area contributed by atoms with Crippen LogP contribution in [0.25, 0.3) is 4.96 Å². The highest BCUT2D eigenvalue weighted by Crippen LogP contribution is 2.28. The number of hydrogen-bond donors (Lipinski definition) is 1. The van der Waals surface area contributed by atoms with E-state index in [0.717, 1.165) is 11.4 Å². The van der Waals surface area contributed by atoms with Gasteiger partial charge in [0.1, 0.15) is 5.01 Å². The molecule has 11 heteroatoms. The van der Waals surface area contributed by atoms with Crippen molar-refractivity contribution in [2.75, 3.05) is 5.32 Å². The molecule has 0 bridgehead atoms. The zero-order valence-electron chi connectivity index (χ0n) is 13.0. The Bertz CT molecular complexity index is 931. The van der Waals surface area contributed by atoms with Crippen LogP contribution in [-0.4, -0.2) is 30.7 Å². The molecule has 0 spiro atoms. The second-order valence-corrected chi connectivity index (χ2v) is 7.93. The normalized spacial score (nSPS) is 11.1. The average molecular weight is 382 g/mol. The van der Waals surface area contributed by atoms with Crippen molar-refractivity contribution in [2.45, 2.75) is 36.8 Å². The fraction of sp³-hybridized carbons (Fsp3) is 0.385. The van der Waals surface area contributed by atoms with Crippen molar-refractivity contribution in [2.24, 2.45) is 0 Å². The van der Waals surface area contributed by atoms with Crippen molar-refractivity contribution in [3.8, 4) is 0 Å². The van der Waals surface area contributed by atoms with Crippen LogP contribution in [0.3, 0.4) is 0 Å². The van der Waals surface area contributed by atoms with Crippen LogP contribution >= 0.6 is 34.4 Å². The Morgan fingerprint density at radius 1 is 1.33 bits per heavy atom. The molecule has 0 aliphatic carbocycles. The Morgan fingerprint density at radius 2 is 2.17 bits per heavy atom. The lowest BCUT2D eigenvalue weighted by molar-refractivity contribution is -0.115. The lowest BCUT2D eigenvalue weighted by Gasteiger charge is -1.98. The van der Waals surface area contributed by atoms with Gasteiger partial charge in [-0.1, -0.05) is 48.3 Å². The summed E-state index contributed by atoms with van der Waals surface area (Å²) in [5, 5.41) is 16.2. The van der Waals surface area contributed by atoms with Crippen LogP contribution in [-0.2, 0) is 17.0 Å². The standard InChI is InChI=1S/C13H14N6O2S3/c1-3-8(20)15-11-16-17-13(24-11)22-6-7-5-10(21)19-12(14-7)23-9(4-2)18-19/h5H,3-4,6H2,1-2H3,(H,15,16,20). The maximum Gasteiger partial charge on any atom is 0.275 e. The first-order valence-electron chi connectivity index (χ1n) is 7.24. The number of nitrogens with zero attached hydrogens (tertiary/aromatic N) is 5. The van der Waals surface area contributed by atoms with Crippen LogP contribution < -0.4 is 10.9 Å². The second-order valence-electron chi connectivity index (χ2n) is 4.69. The Balaban J connectivity index is 1.71. The van der Waals surface area contributed by atoms with Gasteiger partial charge in [0, 0.05) is 18.2 Å². The van der Waals surface area contributed by atoms with Crippen LogP contribution in [0.15, 0.2) is 15.2 Å². The molecule has 126 valence electrons. The van der Waals surface area contributed by atoms with Gasteiger partial charge in [0.05, 0.1) is 5.69 Å². The number of amides is 1. The first kappa shape index (κ1) is 17.0. The molecular weight excluding hydrogens is 368 g/mol. The summed E-state index contributed by atoms with van der Waals surface area (Å²) < 4.78 is 2.04. The van der Waals surface area contributed by atoms with E-state index in [4.69, 9.17) is 0 Å². The van der Waals surface area contributed by atoms with Gasteiger partial charge in [0.15, 0.2) is 4.34 Å². The van der Waals surface area contributed by atoms with E-state index >= 15 is 0 Å². The molecule has 1 N–H and O–H groups in total. The minimum atomic E-state index is -0.181. The Morgan fingerprint density at radius 3 is 2.92 bits per heavy atom. The van der Waals surface area contributed by atoms with Crippen LogP contribution in [0.2, 0.25) is 0 Å². The van der Waals surface area contributed by atoms with E-state index in [1.165, 1.54) is 45.0 Å². The monoisotopic (exact) mass is 382 g/mol. The lowest BCUT2D eigenvalue weighted by Crippen LogP contribution is -2.15. The number of thioether (sulfide) groups is 1. The summed E-state index contributed by atoms with van der Waals surface area (Å²) in [4.78, 5) is 28.5. The number of carbonyl (C=O) groups excluding carboxylic acids is 1. The third-order valence-corrected chi connectivity index (χ3v) is 6.02. The van der Waals surface area contributed by atoms with E-state index in [-0.39, 0.29) is 11.5 Å². The number of fused-ring (bicyclic) bond motifs is 1. The predicted molar refractivity (Wildman–Crippen MR) is 94.9 cm³/mol. The van der Waals surface area contributed by atoms with Crippen molar-refractivity contribution in [3.05, 3.63) is 27.1 Å². The summed E-state index contributed by atoms with van der Waals surface area (Å²) >= 11 is 4.14. The van der Waals surface area contributed by atoms with Gasteiger partial charge in [-0.2, -0.15) is 9.61 Å². The van der Waals surface area contributed by atoms with Crippen LogP contribution in [0.5, 0.6) is 0 Å². The topological polar surface area (TPSA) is 102 Å². The highest BCUT2D eigenvalue weighted by Gasteiger charge is 2.11. The van der Waals surface area contributed by atoms with E-state index in [9.17, 15) is 9.59 Å². The molecular formula is C13H14N6O2S3. The highest BCUT2D eigenvalue weighted by atomic mass is 32.2. The van der Waals surface area contributed by atoms with Gasteiger partial charge < -0.3 is 5.32 Å². The number of rotatable bonds is 6. The smallest absolute Gasteiger partial charge is 0.275 e. The van der Waals surface area contributed by atoms with Crippen molar-refractivity contribution in [1.82, 2.24) is 24.8 Å². The van der Waals surface area contributed by atoms with Gasteiger partial charge in [0.2, 0.25) is 16.0 Å². The van der Waals surface area contributed by atoms with E-state index in [1.54, 1.807) is 6.92 Å². The fourth-order valence-corrected chi connectivity index (χ4v) is 4.29. The van der Waals surface area contributed by atoms with Gasteiger partial charge in [-0.3, -0.25) is 9.59 Å². The molecule has 8 nitrogen and oxygen atoms in total. The fourth-order valence-electron chi connectivity index (χ4n) is 1.77. The molecule has 3 aromatic rings. The van der Waals surface area contributed by atoms with E-state index < -0.39 is 0 Å². The first-order chi connectivity index (χ1) is 11.6. The second kappa shape index (κ2) is 7.36. The van der Waals surface area contributed by atoms with Gasteiger partial charge in [0.25, 0.3) is 5.56 Å². The molecule has 0 radical (unpaired) electrons. The summed E-state index contributed by atoms with van der Waals surface area (Å²) in [5.74, 6) is 0.404. The molecule has 3 aromatic heterocycles. The largest absolute Gasteiger partial charge is 0.301 e. The Kier molecular flexibility index (Phi) is 5.21. The molecule has 3 heterocycles. The van der Waals surface area contributed by atoms with Crippen molar-refractivity contribution in [3.63, 3.8) is 0 Å². The average Bonchev–Trinajstić information content (AvgIpc) is 3.19. The molecule has 1 amide bonds. The Hall–Kier alpha value is -1.85. The van der Waals surface area contributed by atoms with Crippen molar-refractivity contribution < 1.29 is 4.79 Å². The van der Waals surface area contributed by atoms with Gasteiger partial charge >= 0.3 is 0 Å². The van der Waals surface area contributed by atoms with Gasteiger partial charge in [-0.05, 0) is 6.42 Å². The number of aryl methyl sites for hydroxylation is 1. The van der Waals surface area contributed by atoms with E-state index in [1.807, 2.05) is 6.92 Å². The molecule has 3 rings (SSSR count). The van der Waals surface area contributed by atoms with Gasteiger partial charge in [-0.15, -0.1) is 10.2 Å². The molecule has 0 saturated heterocycles. The number of nitrogens with one attached hydrogen (secondary N) is 1. The van der Waals surface area contributed by atoms with E-state index in [2.05, 4.69) is 25.6 Å². The van der Waals surface area contributed by atoms with Crippen molar-refractivity contribution >= 4 is 50.4 Å².